The van der Waals surface area contributed by atoms with E-state index in [-0.39, 0.29) is 6.04 Å². The first-order valence-corrected chi connectivity index (χ1v) is 4.93. The van der Waals surface area contributed by atoms with Crippen LogP contribution in [0.2, 0.25) is 0 Å². The lowest BCUT2D eigenvalue weighted by Gasteiger charge is -2.12. The third-order valence-corrected chi connectivity index (χ3v) is 2.21. The minimum absolute atomic E-state index is 0.116. The maximum absolute atomic E-state index is 5.99. The van der Waals surface area contributed by atoms with Gasteiger partial charge in [-0.25, -0.2) is 0 Å². The molecule has 1 atom stereocenters. The maximum atomic E-state index is 5.99. The normalized spacial score (nSPS) is 13.6. The summed E-state index contributed by atoms with van der Waals surface area (Å²) in [5.74, 6) is 0.472. The Labute approximate surface area is 79.9 Å². The van der Waals surface area contributed by atoms with Crippen LogP contribution in [0.5, 0.6) is 0 Å². The number of aryl methyl sites for hydroxylation is 1. The van der Waals surface area contributed by atoms with Crippen molar-refractivity contribution in [3.63, 3.8) is 0 Å². The average molecular weight is 181 g/mol. The monoisotopic (exact) mass is 181 g/mol. The smallest absolute Gasteiger partial charge is 0.0537 e. The number of hydrogen-bond acceptors (Lipinski definition) is 2. The summed E-state index contributed by atoms with van der Waals surface area (Å²) >= 11 is 0. The van der Waals surface area contributed by atoms with Crippen molar-refractivity contribution >= 4 is 0 Å². The largest absolute Gasteiger partial charge is 0.324 e. The molecule has 3 nitrogen and oxygen atoms in total. The van der Waals surface area contributed by atoms with Crippen molar-refractivity contribution < 1.29 is 0 Å². The molecule has 0 aromatic carbocycles. The molecule has 74 valence electrons. The summed E-state index contributed by atoms with van der Waals surface area (Å²) < 4.78 is 1.96. The van der Waals surface area contributed by atoms with Gasteiger partial charge in [0.1, 0.15) is 0 Å². The first-order valence-electron chi connectivity index (χ1n) is 4.93. The third kappa shape index (κ3) is 2.56. The molecule has 0 radical (unpaired) electrons. The van der Waals surface area contributed by atoms with E-state index in [2.05, 4.69) is 25.9 Å². The van der Waals surface area contributed by atoms with Crippen molar-refractivity contribution in [1.29, 1.82) is 0 Å². The van der Waals surface area contributed by atoms with Gasteiger partial charge in [0.05, 0.1) is 6.20 Å². The Morgan fingerprint density at radius 2 is 2.23 bits per heavy atom. The highest BCUT2D eigenvalue weighted by molar-refractivity contribution is 5.10. The highest BCUT2D eigenvalue weighted by Crippen LogP contribution is 2.17. The van der Waals surface area contributed by atoms with Crippen molar-refractivity contribution in [3.8, 4) is 0 Å². The van der Waals surface area contributed by atoms with E-state index in [9.17, 15) is 0 Å². The van der Waals surface area contributed by atoms with Gasteiger partial charge in [-0.05, 0) is 12.3 Å². The molecule has 0 spiro atoms. The van der Waals surface area contributed by atoms with Crippen molar-refractivity contribution in [2.24, 2.45) is 11.7 Å². The zero-order chi connectivity index (χ0) is 9.84. The predicted octanol–water partition coefficient (Wildman–Crippen LogP) is 1.95. The van der Waals surface area contributed by atoms with Crippen LogP contribution in [-0.2, 0) is 6.54 Å². The lowest BCUT2D eigenvalue weighted by Crippen LogP contribution is -2.15. The van der Waals surface area contributed by atoms with E-state index in [1.54, 1.807) is 0 Å². The van der Waals surface area contributed by atoms with Gasteiger partial charge in [0.25, 0.3) is 0 Å². The Morgan fingerprint density at radius 1 is 1.54 bits per heavy atom. The molecule has 1 rings (SSSR count). The Kier molecular flexibility index (Phi) is 3.48. The second-order valence-electron chi connectivity index (χ2n) is 3.81. The average Bonchev–Trinajstić information content (AvgIpc) is 2.52. The minimum Gasteiger partial charge on any atom is -0.324 e. The van der Waals surface area contributed by atoms with Crippen LogP contribution >= 0.6 is 0 Å². The fraction of sp³-hybridized carbons (Fsp3) is 0.700. The van der Waals surface area contributed by atoms with Crippen molar-refractivity contribution in [1.82, 2.24) is 9.78 Å². The Balaban J connectivity index is 2.67. The van der Waals surface area contributed by atoms with Crippen LogP contribution < -0.4 is 5.73 Å². The molecule has 1 unspecified atom stereocenters. The lowest BCUT2D eigenvalue weighted by atomic mass is 10.0. The van der Waals surface area contributed by atoms with E-state index in [1.165, 1.54) is 0 Å². The SMILES string of the molecule is CCCn1cc(C(N)C(C)C)cn1. The summed E-state index contributed by atoms with van der Waals surface area (Å²) in [6, 6.07) is 0.116. The Bertz CT molecular complexity index is 252. The molecule has 0 saturated carbocycles. The van der Waals surface area contributed by atoms with Crippen molar-refractivity contribution in [2.75, 3.05) is 0 Å². The first kappa shape index (κ1) is 10.3. The molecule has 0 aliphatic heterocycles. The minimum atomic E-state index is 0.116. The zero-order valence-electron chi connectivity index (χ0n) is 8.70. The van der Waals surface area contributed by atoms with Gasteiger partial charge >= 0.3 is 0 Å². The molecular weight excluding hydrogens is 162 g/mol. The molecule has 0 bridgehead atoms. The van der Waals surface area contributed by atoms with E-state index < -0.39 is 0 Å². The molecule has 0 fully saturated rings. The number of nitrogens with zero attached hydrogens (tertiary/aromatic N) is 2. The standard InChI is InChI=1S/C10H19N3/c1-4-5-13-7-9(6-12-13)10(11)8(2)3/h6-8,10H,4-5,11H2,1-3H3. The van der Waals surface area contributed by atoms with Gasteiger partial charge in [-0.1, -0.05) is 20.8 Å². The Morgan fingerprint density at radius 3 is 2.77 bits per heavy atom. The van der Waals surface area contributed by atoms with E-state index in [4.69, 9.17) is 5.73 Å². The van der Waals surface area contributed by atoms with Gasteiger partial charge in [-0.2, -0.15) is 5.10 Å². The van der Waals surface area contributed by atoms with Gasteiger partial charge in [0, 0.05) is 24.3 Å². The highest BCUT2D eigenvalue weighted by atomic mass is 15.3. The van der Waals surface area contributed by atoms with Gasteiger partial charge in [-0.3, -0.25) is 4.68 Å². The van der Waals surface area contributed by atoms with Gasteiger partial charge in [0.15, 0.2) is 0 Å². The van der Waals surface area contributed by atoms with Crippen LogP contribution in [0.25, 0.3) is 0 Å². The second-order valence-corrected chi connectivity index (χ2v) is 3.81. The molecule has 13 heavy (non-hydrogen) atoms. The highest BCUT2D eigenvalue weighted by Gasteiger charge is 2.11. The van der Waals surface area contributed by atoms with Crippen LogP contribution in [0.15, 0.2) is 12.4 Å². The summed E-state index contributed by atoms with van der Waals surface area (Å²) in [5.41, 5.74) is 7.14. The molecule has 0 amide bonds. The molecule has 0 saturated heterocycles. The maximum Gasteiger partial charge on any atom is 0.0537 e. The summed E-state index contributed by atoms with van der Waals surface area (Å²) in [6.45, 7) is 7.37. The number of aromatic nitrogens is 2. The zero-order valence-corrected chi connectivity index (χ0v) is 8.70. The topological polar surface area (TPSA) is 43.8 Å². The quantitative estimate of drug-likeness (QED) is 0.771. The predicted molar refractivity (Wildman–Crippen MR) is 54.3 cm³/mol. The van der Waals surface area contributed by atoms with Gasteiger partial charge in [0.2, 0.25) is 0 Å². The van der Waals surface area contributed by atoms with Crippen LogP contribution in [0, 0.1) is 5.92 Å². The summed E-state index contributed by atoms with van der Waals surface area (Å²) in [7, 11) is 0. The third-order valence-electron chi connectivity index (χ3n) is 2.21. The molecular formula is C10H19N3. The van der Waals surface area contributed by atoms with E-state index in [0.29, 0.717) is 5.92 Å². The summed E-state index contributed by atoms with van der Waals surface area (Å²) in [4.78, 5) is 0. The van der Waals surface area contributed by atoms with E-state index >= 15 is 0 Å². The summed E-state index contributed by atoms with van der Waals surface area (Å²) in [5, 5.41) is 4.25. The fourth-order valence-corrected chi connectivity index (χ4v) is 1.29. The number of nitrogens with two attached hydrogens (primary N) is 1. The second kappa shape index (κ2) is 4.42. The van der Waals surface area contributed by atoms with Gasteiger partial charge in [-0.15, -0.1) is 0 Å². The fourth-order valence-electron chi connectivity index (χ4n) is 1.29. The van der Waals surface area contributed by atoms with Gasteiger partial charge < -0.3 is 5.73 Å². The lowest BCUT2D eigenvalue weighted by molar-refractivity contribution is 0.513. The van der Waals surface area contributed by atoms with Crippen LogP contribution in [0.4, 0.5) is 0 Å². The Hall–Kier alpha value is -0.830. The van der Waals surface area contributed by atoms with E-state index in [0.717, 1.165) is 18.5 Å². The molecule has 2 N–H and O–H groups in total. The molecule has 1 aromatic heterocycles. The molecule has 1 aromatic rings. The molecule has 3 heteroatoms. The number of rotatable bonds is 4. The van der Waals surface area contributed by atoms with Crippen LogP contribution in [0.1, 0.15) is 38.8 Å². The molecule has 0 aliphatic rings. The van der Waals surface area contributed by atoms with Crippen molar-refractivity contribution in [3.05, 3.63) is 18.0 Å². The van der Waals surface area contributed by atoms with Crippen LogP contribution in [0.3, 0.4) is 0 Å². The molecule has 1 heterocycles. The van der Waals surface area contributed by atoms with Crippen molar-refractivity contribution in [2.45, 2.75) is 39.8 Å². The first-order chi connectivity index (χ1) is 6.15. The van der Waals surface area contributed by atoms with Crippen LogP contribution in [-0.4, -0.2) is 9.78 Å². The summed E-state index contributed by atoms with van der Waals surface area (Å²) in [6.07, 6.45) is 5.03. The number of hydrogen-bond donors (Lipinski definition) is 1. The van der Waals surface area contributed by atoms with E-state index in [1.807, 2.05) is 17.1 Å². The molecule has 0 aliphatic carbocycles.